The Morgan fingerprint density at radius 3 is 1.91 bits per heavy atom. The number of hydrogen-bond acceptors (Lipinski definition) is 4. The minimum Gasteiger partial charge on any atom is -0.489 e. The zero-order valence-electron chi connectivity index (χ0n) is 26.2. The first kappa shape index (κ1) is 28.6. The molecule has 5 aromatic carbocycles. The van der Waals surface area contributed by atoms with E-state index in [4.69, 9.17) is 9.15 Å². The summed E-state index contributed by atoms with van der Waals surface area (Å²) in [7, 11) is 0. The summed E-state index contributed by atoms with van der Waals surface area (Å²) in [5.41, 5.74) is 7.78. The maximum absolute atomic E-state index is 6.21. The molecule has 0 N–H and O–H groups in total. The van der Waals surface area contributed by atoms with Gasteiger partial charge in [-0.25, -0.2) is 0 Å². The maximum atomic E-state index is 6.21. The van der Waals surface area contributed by atoms with E-state index in [1.165, 1.54) is 16.3 Å². The van der Waals surface area contributed by atoms with Crippen LogP contribution in [0.25, 0.3) is 50.4 Å². The van der Waals surface area contributed by atoms with E-state index in [-0.39, 0.29) is 5.41 Å². The van der Waals surface area contributed by atoms with Crippen LogP contribution in [0.15, 0.2) is 126 Å². The Bertz CT molecular complexity index is 2040. The fourth-order valence-electron chi connectivity index (χ4n) is 6.52. The lowest BCUT2D eigenvalue weighted by Crippen LogP contribution is -2.17. The molecule has 0 aliphatic rings. The summed E-state index contributed by atoms with van der Waals surface area (Å²) in [6, 6.07) is 41.9. The topological polar surface area (TPSA) is 53.1 Å². The van der Waals surface area contributed by atoms with Crippen molar-refractivity contribution in [3.05, 3.63) is 132 Å². The lowest BCUT2D eigenvalue weighted by molar-refractivity contribution is 0.304. The quantitative estimate of drug-likeness (QED) is 0.176. The number of aromatic nitrogens is 3. The summed E-state index contributed by atoms with van der Waals surface area (Å²) in [5, 5.41) is 11.3. The van der Waals surface area contributed by atoms with Crippen LogP contribution in [0.5, 0.6) is 5.75 Å². The average Bonchev–Trinajstić information content (AvgIpc) is 3.68. The molecule has 7 rings (SSSR count). The lowest BCUT2D eigenvalue weighted by atomic mass is 9.75. The molecule has 0 radical (unpaired) electrons. The molecule has 2 heterocycles. The van der Waals surface area contributed by atoms with Crippen molar-refractivity contribution < 1.29 is 9.15 Å². The summed E-state index contributed by atoms with van der Waals surface area (Å²) in [5.74, 6) is 2.21. The van der Waals surface area contributed by atoms with Crippen LogP contribution in [0.3, 0.4) is 0 Å². The smallest absolute Gasteiger partial charge is 0.248 e. The Morgan fingerprint density at radius 1 is 0.689 bits per heavy atom. The van der Waals surface area contributed by atoms with Crippen molar-refractivity contribution in [2.45, 2.75) is 46.6 Å². The highest BCUT2D eigenvalue weighted by molar-refractivity contribution is 6.09. The van der Waals surface area contributed by atoms with Crippen LogP contribution in [0.4, 0.5) is 0 Å². The van der Waals surface area contributed by atoms with E-state index < -0.39 is 0 Å². The van der Waals surface area contributed by atoms with Crippen LogP contribution < -0.4 is 4.74 Å². The van der Waals surface area contributed by atoms with Gasteiger partial charge in [-0.3, -0.25) is 0 Å². The first-order chi connectivity index (χ1) is 21.9. The Hall–Kier alpha value is -5.16. The van der Waals surface area contributed by atoms with Gasteiger partial charge in [0.15, 0.2) is 0 Å². The molecule has 7 aromatic rings. The molecule has 224 valence electrons. The second kappa shape index (κ2) is 11.7. The molecular weight excluding hydrogens is 554 g/mol. The van der Waals surface area contributed by atoms with Gasteiger partial charge in [0, 0.05) is 27.6 Å². The van der Waals surface area contributed by atoms with Gasteiger partial charge in [0.1, 0.15) is 12.4 Å². The Morgan fingerprint density at radius 2 is 1.29 bits per heavy atom. The predicted octanol–water partition coefficient (Wildman–Crippen LogP) is 10.6. The number of ether oxygens (including phenoxy) is 1. The summed E-state index contributed by atoms with van der Waals surface area (Å²) in [4.78, 5) is 0. The van der Waals surface area contributed by atoms with Gasteiger partial charge in [-0.1, -0.05) is 100 Å². The molecule has 0 fully saturated rings. The molecule has 5 heteroatoms. The molecule has 1 unspecified atom stereocenters. The summed E-state index contributed by atoms with van der Waals surface area (Å²) >= 11 is 0. The van der Waals surface area contributed by atoms with Crippen molar-refractivity contribution in [2.75, 3.05) is 0 Å². The molecule has 0 aliphatic carbocycles. The zero-order chi connectivity index (χ0) is 31.0. The third-order valence-electron chi connectivity index (χ3n) is 8.68. The first-order valence-electron chi connectivity index (χ1n) is 15.6. The fraction of sp³-hybridized carbons (Fsp3) is 0.200. The standard InChI is InChI=1S/C40H37N3O2/c1-5-35(40(2,3)4)28-22-20-27(21-23-28)26-44-32-15-11-13-30(25-32)39-42-41-38(45-39)29-12-10-14-31(24-29)43-36-18-8-6-16-33(36)34-17-7-9-19-37(34)43/h6-25,35H,5,26H2,1-4H3. The molecule has 45 heavy (non-hydrogen) atoms. The Kier molecular flexibility index (Phi) is 7.46. The fourth-order valence-corrected chi connectivity index (χ4v) is 6.52. The zero-order valence-corrected chi connectivity index (χ0v) is 26.2. The van der Waals surface area contributed by atoms with E-state index in [2.05, 4.69) is 127 Å². The van der Waals surface area contributed by atoms with Gasteiger partial charge < -0.3 is 13.7 Å². The van der Waals surface area contributed by atoms with Crippen molar-refractivity contribution in [3.63, 3.8) is 0 Å². The van der Waals surface area contributed by atoms with Crippen molar-refractivity contribution >= 4 is 21.8 Å². The van der Waals surface area contributed by atoms with Crippen LogP contribution in [-0.4, -0.2) is 14.8 Å². The Labute approximate surface area is 264 Å². The summed E-state index contributed by atoms with van der Waals surface area (Å²) in [6.45, 7) is 9.67. The van der Waals surface area contributed by atoms with Gasteiger partial charge >= 0.3 is 0 Å². The third kappa shape index (κ3) is 5.62. The largest absolute Gasteiger partial charge is 0.489 e. The van der Waals surface area contributed by atoms with Gasteiger partial charge in [-0.2, -0.15) is 0 Å². The van der Waals surface area contributed by atoms with Gasteiger partial charge in [-0.15, -0.1) is 10.2 Å². The summed E-state index contributed by atoms with van der Waals surface area (Å²) in [6.07, 6.45) is 1.12. The molecule has 0 aliphatic heterocycles. The summed E-state index contributed by atoms with van der Waals surface area (Å²) < 4.78 is 14.7. The van der Waals surface area contributed by atoms with Crippen molar-refractivity contribution in [3.8, 4) is 34.3 Å². The van der Waals surface area contributed by atoms with Crippen LogP contribution >= 0.6 is 0 Å². The number of para-hydroxylation sites is 2. The number of rotatable bonds is 8. The molecule has 2 aromatic heterocycles. The van der Waals surface area contributed by atoms with Crippen LogP contribution in [0.2, 0.25) is 0 Å². The minimum absolute atomic E-state index is 0.233. The Balaban J connectivity index is 1.10. The molecule has 0 saturated heterocycles. The average molecular weight is 592 g/mol. The third-order valence-corrected chi connectivity index (χ3v) is 8.68. The highest BCUT2D eigenvalue weighted by Crippen LogP contribution is 2.38. The SMILES string of the molecule is CCC(c1ccc(COc2cccc(-c3nnc(-c4cccc(-n5c6ccccc6c6ccccc65)c4)o3)c2)cc1)C(C)(C)C. The number of fused-ring (bicyclic) bond motifs is 3. The van der Waals surface area contributed by atoms with Gasteiger partial charge in [0.2, 0.25) is 11.8 Å². The number of hydrogen-bond donors (Lipinski definition) is 0. The normalized spacial score (nSPS) is 12.5. The van der Waals surface area contributed by atoms with E-state index in [9.17, 15) is 0 Å². The first-order valence-corrected chi connectivity index (χ1v) is 15.6. The van der Waals surface area contributed by atoms with E-state index in [1.54, 1.807) is 0 Å². The highest BCUT2D eigenvalue weighted by atomic mass is 16.5. The van der Waals surface area contributed by atoms with Crippen molar-refractivity contribution in [1.29, 1.82) is 0 Å². The van der Waals surface area contributed by atoms with E-state index in [0.717, 1.165) is 45.6 Å². The minimum atomic E-state index is 0.233. The predicted molar refractivity (Wildman–Crippen MR) is 183 cm³/mol. The van der Waals surface area contributed by atoms with Crippen LogP contribution in [0.1, 0.15) is 51.2 Å². The van der Waals surface area contributed by atoms with Crippen molar-refractivity contribution in [1.82, 2.24) is 14.8 Å². The van der Waals surface area contributed by atoms with Crippen LogP contribution in [-0.2, 0) is 6.61 Å². The van der Waals surface area contributed by atoms with E-state index in [0.29, 0.717) is 24.3 Å². The molecule has 0 saturated carbocycles. The molecule has 0 amide bonds. The molecule has 1 atom stereocenters. The maximum Gasteiger partial charge on any atom is 0.248 e. The lowest BCUT2D eigenvalue weighted by Gasteiger charge is -2.30. The van der Waals surface area contributed by atoms with Gasteiger partial charge in [0.05, 0.1) is 11.0 Å². The molecule has 0 spiro atoms. The van der Waals surface area contributed by atoms with Crippen LogP contribution in [0, 0.1) is 5.41 Å². The number of nitrogens with zero attached hydrogens (tertiary/aromatic N) is 3. The van der Waals surface area contributed by atoms with E-state index in [1.807, 2.05) is 36.4 Å². The second-order valence-electron chi connectivity index (χ2n) is 12.7. The van der Waals surface area contributed by atoms with Gasteiger partial charge in [-0.05, 0) is 77.4 Å². The molecule has 0 bridgehead atoms. The monoisotopic (exact) mass is 591 g/mol. The second-order valence-corrected chi connectivity index (χ2v) is 12.7. The molecular formula is C40H37N3O2. The molecule has 5 nitrogen and oxygen atoms in total. The highest BCUT2D eigenvalue weighted by Gasteiger charge is 2.24. The number of benzene rings is 5. The van der Waals surface area contributed by atoms with Gasteiger partial charge in [0.25, 0.3) is 0 Å². The van der Waals surface area contributed by atoms with Crippen molar-refractivity contribution in [2.24, 2.45) is 5.41 Å². The van der Waals surface area contributed by atoms with E-state index >= 15 is 0 Å².